The van der Waals surface area contributed by atoms with Crippen LogP contribution in [0.2, 0.25) is 0 Å². The average Bonchev–Trinajstić information content (AvgIpc) is 2.73. The smallest absolute Gasteiger partial charge is 0.326 e. The van der Waals surface area contributed by atoms with Crippen molar-refractivity contribution in [2.75, 3.05) is 20.2 Å². The number of rotatable bonds is 6. The first-order valence-electron chi connectivity index (χ1n) is 7.10. The van der Waals surface area contributed by atoms with E-state index >= 15 is 0 Å². The van der Waals surface area contributed by atoms with Gasteiger partial charge in [0.2, 0.25) is 0 Å². The maximum absolute atomic E-state index is 12.3. The number of nitrogens with one attached hydrogen (secondary N) is 1. The summed E-state index contributed by atoms with van der Waals surface area (Å²) in [5.41, 5.74) is -0.474. The minimum atomic E-state index is -0.474. The molecule has 0 aliphatic heterocycles. The molecule has 1 rings (SSSR count). The molecule has 0 saturated heterocycles. The first kappa shape index (κ1) is 15.4. The molecular weight excluding hydrogens is 228 g/mol. The number of nitrogens with zero attached hydrogens (tertiary/aromatic N) is 1. The number of esters is 1. The molecule has 1 saturated carbocycles. The third kappa shape index (κ3) is 3.45. The summed E-state index contributed by atoms with van der Waals surface area (Å²) in [5, 5.41) is 3.45. The molecule has 0 spiro atoms. The van der Waals surface area contributed by atoms with E-state index in [1.54, 1.807) is 0 Å². The molecule has 0 aromatic heterocycles. The summed E-state index contributed by atoms with van der Waals surface area (Å²) in [6, 6.07) is 0.769. The predicted molar refractivity (Wildman–Crippen MR) is 73.6 cm³/mol. The summed E-state index contributed by atoms with van der Waals surface area (Å²) in [5.74, 6) is -0.0781. The van der Waals surface area contributed by atoms with Gasteiger partial charge in [-0.3, -0.25) is 10.1 Å². The first-order valence-corrected chi connectivity index (χ1v) is 7.10. The van der Waals surface area contributed by atoms with Crippen LogP contribution in [0, 0.1) is 0 Å². The van der Waals surface area contributed by atoms with E-state index in [1.165, 1.54) is 0 Å². The molecule has 1 N–H and O–H groups in total. The molecule has 1 aliphatic rings. The molecule has 18 heavy (non-hydrogen) atoms. The van der Waals surface area contributed by atoms with E-state index in [-0.39, 0.29) is 5.97 Å². The highest BCUT2D eigenvalue weighted by Gasteiger charge is 2.47. The van der Waals surface area contributed by atoms with Gasteiger partial charge < -0.3 is 9.64 Å². The topological polar surface area (TPSA) is 41.6 Å². The molecule has 0 bridgehead atoms. The fourth-order valence-electron chi connectivity index (χ4n) is 2.85. The highest BCUT2D eigenvalue weighted by Crippen LogP contribution is 2.34. The summed E-state index contributed by atoms with van der Waals surface area (Å²) in [6.45, 7) is 9.65. The van der Waals surface area contributed by atoms with Gasteiger partial charge in [-0.2, -0.15) is 0 Å². The van der Waals surface area contributed by atoms with Gasteiger partial charge in [0, 0.05) is 12.1 Å². The molecular formula is C14H28N2O2. The highest BCUT2D eigenvalue weighted by atomic mass is 16.5. The Labute approximate surface area is 111 Å². The number of hydrogen-bond donors (Lipinski definition) is 1. The fourth-order valence-corrected chi connectivity index (χ4v) is 2.85. The van der Waals surface area contributed by atoms with Gasteiger partial charge in [0.25, 0.3) is 0 Å². The Morgan fingerprint density at radius 3 is 2.67 bits per heavy atom. The van der Waals surface area contributed by atoms with Crippen LogP contribution >= 0.6 is 0 Å². The van der Waals surface area contributed by atoms with Crippen molar-refractivity contribution in [3.63, 3.8) is 0 Å². The molecule has 0 heterocycles. The Balaban J connectivity index is 2.78. The maximum atomic E-state index is 12.3. The summed E-state index contributed by atoms with van der Waals surface area (Å²) < 4.78 is 5.27. The Morgan fingerprint density at radius 2 is 2.17 bits per heavy atom. The predicted octanol–water partition coefficient (Wildman–Crippen LogP) is 1.79. The largest absolute Gasteiger partial charge is 0.465 e. The van der Waals surface area contributed by atoms with Crippen LogP contribution in [-0.4, -0.2) is 48.7 Å². The van der Waals surface area contributed by atoms with Gasteiger partial charge in [-0.15, -0.1) is 0 Å². The monoisotopic (exact) mass is 256 g/mol. The molecule has 2 atom stereocenters. The molecule has 2 unspecified atom stereocenters. The molecule has 4 nitrogen and oxygen atoms in total. The minimum Gasteiger partial charge on any atom is -0.465 e. The zero-order valence-corrected chi connectivity index (χ0v) is 12.5. The molecule has 106 valence electrons. The standard InChI is InChI=1S/C14H28N2O2/c1-6-16(5)12-8-9-14(10-12,15-11(3)4)13(17)18-7-2/h11-12,15H,6-10H2,1-5H3. The third-order valence-electron chi connectivity index (χ3n) is 3.84. The highest BCUT2D eigenvalue weighted by molar-refractivity contribution is 5.81. The Morgan fingerprint density at radius 1 is 1.50 bits per heavy atom. The van der Waals surface area contributed by atoms with Gasteiger partial charge in [0.05, 0.1) is 6.61 Å². The van der Waals surface area contributed by atoms with Crippen LogP contribution < -0.4 is 5.32 Å². The van der Waals surface area contributed by atoms with E-state index in [0.717, 1.165) is 25.8 Å². The van der Waals surface area contributed by atoms with Crippen molar-refractivity contribution >= 4 is 5.97 Å². The van der Waals surface area contributed by atoms with Crippen LogP contribution in [0.3, 0.4) is 0 Å². The lowest BCUT2D eigenvalue weighted by Crippen LogP contribution is -2.54. The van der Waals surface area contributed by atoms with Crippen LogP contribution in [0.5, 0.6) is 0 Å². The zero-order chi connectivity index (χ0) is 13.8. The summed E-state index contributed by atoms with van der Waals surface area (Å²) >= 11 is 0. The number of hydrogen-bond acceptors (Lipinski definition) is 4. The van der Waals surface area contributed by atoms with E-state index in [2.05, 4.69) is 38.0 Å². The second kappa shape index (κ2) is 6.53. The van der Waals surface area contributed by atoms with E-state index < -0.39 is 5.54 Å². The molecule has 0 amide bonds. The van der Waals surface area contributed by atoms with E-state index in [4.69, 9.17) is 4.74 Å². The minimum absolute atomic E-state index is 0.0781. The quantitative estimate of drug-likeness (QED) is 0.736. The van der Waals surface area contributed by atoms with Crippen molar-refractivity contribution in [1.29, 1.82) is 0 Å². The van der Waals surface area contributed by atoms with Gasteiger partial charge in [-0.05, 0) is 53.6 Å². The molecule has 4 heteroatoms. The lowest BCUT2D eigenvalue weighted by Gasteiger charge is -2.31. The van der Waals surface area contributed by atoms with Crippen molar-refractivity contribution in [2.45, 2.75) is 64.6 Å². The van der Waals surface area contributed by atoms with Crippen LogP contribution in [0.1, 0.15) is 47.0 Å². The van der Waals surface area contributed by atoms with Crippen LogP contribution in [0.25, 0.3) is 0 Å². The Bertz CT molecular complexity index is 281. The molecule has 1 aliphatic carbocycles. The fraction of sp³-hybridized carbons (Fsp3) is 0.929. The van der Waals surface area contributed by atoms with Crippen molar-refractivity contribution < 1.29 is 9.53 Å². The first-order chi connectivity index (χ1) is 8.45. The lowest BCUT2D eigenvalue weighted by atomic mass is 9.96. The van der Waals surface area contributed by atoms with Crippen LogP contribution in [0.4, 0.5) is 0 Å². The van der Waals surface area contributed by atoms with Crippen molar-refractivity contribution in [2.24, 2.45) is 0 Å². The van der Waals surface area contributed by atoms with E-state index in [0.29, 0.717) is 18.7 Å². The summed E-state index contributed by atoms with van der Waals surface area (Å²) in [4.78, 5) is 14.6. The maximum Gasteiger partial charge on any atom is 0.326 e. The van der Waals surface area contributed by atoms with Crippen molar-refractivity contribution in [3.8, 4) is 0 Å². The van der Waals surface area contributed by atoms with Crippen molar-refractivity contribution in [1.82, 2.24) is 10.2 Å². The summed E-state index contributed by atoms with van der Waals surface area (Å²) in [7, 11) is 2.13. The zero-order valence-electron chi connectivity index (χ0n) is 12.5. The van der Waals surface area contributed by atoms with E-state index in [9.17, 15) is 4.79 Å². The number of ether oxygens (including phenoxy) is 1. The second-order valence-electron chi connectivity index (χ2n) is 5.57. The molecule has 0 radical (unpaired) electrons. The van der Waals surface area contributed by atoms with Crippen LogP contribution in [-0.2, 0) is 9.53 Å². The van der Waals surface area contributed by atoms with Crippen molar-refractivity contribution in [3.05, 3.63) is 0 Å². The molecule has 1 fully saturated rings. The van der Waals surface area contributed by atoms with Gasteiger partial charge in [-0.25, -0.2) is 0 Å². The van der Waals surface area contributed by atoms with E-state index in [1.807, 2.05) is 6.92 Å². The second-order valence-corrected chi connectivity index (χ2v) is 5.57. The average molecular weight is 256 g/mol. The van der Waals surface area contributed by atoms with Gasteiger partial charge in [0.15, 0.2) is 0 Å². The molecule has 0 aromatic rings. The lowest BCUT2D eigenvalue weighted by molar-refractivity contribution is -0.151. The normalized spacial score (nSPS) is 28.1. The third-order valence-corrected chi connectivity index (χ3v) is 3.84. The Hall–Kier alpha value is -0.610. The van der Waals surface area contributed by atoms with Gasteiger partial charge in [-0.1, -0.05) is 6.92 Å². The van der Waals surface area contributed by atoms with Gasteiger partial charge >= 0.3 is 5.97 Å². The SMILES string of the molecule is CCOC(=O)C1(NC(C)C)CCC(N(C)CC)C1. The van der Waals surface area contributed by atoms with Crippen LogP contribution in [0.15, 0.2) is 0 Å². The number of carbonyl (C=O) groups is 1. The Kier molecular flexibility index (Phi) is 5.60. The summed E-state index contributed by atoms with van der Waals surface area (Å²) in [6.07, 6.45) is 2.79. The molecule has 0 aromatic carbocycles. The number of carbonyl (C=O) groups excluding carboxylic acids is 1. The van der Waals surface area contributed by atoms with Gasteiger partial charge in [0.1, 0.15) is 5.54 Å².